The number of benzene rings is 1. The first-order valence-electron chi connectivity index (χ1n) is 7.67. The van der Waals surface area contributed by atoms with Crippen LogP contribution in [-0.4, -0.2) is 29.0 Å². The standard InChI is InChI=1S/C17H22N4O/c1-2-3-10-18-16(22)15-12-20-17(21-13-15)19-11-9-14-7-5-4-6-8-14/h4-8,12-13H,2-3,9-11H2,1H3,(H,18,22)(H,19,20,21). The average Bonchev–Trinajstić information content (AvgIpc) is 2.56. The van der Waals surface area contributed by atoms with Crippen LogP contribution in [0.25, 0.3) is 0 Å². The Labute approximate surface area is 131 Å². The molecule has 0 saturated carbocycles. The van der Waals surface area contributed by atoms with Gasteiger partial charge in [0.05, 0.1) is 5.56 Å². The number of hydrogen-bond donors (Lipinski definition) is 2. The third-order valence-electron chi connectivity index (χ3n) is 3.27. The largest absolute Gasteiger partial charge is 0.354 e. The number of anilines is 1. The van der Waals surface area contributed by atoms with E-state index in [1.54, 1.807) is 12.4 Å². The number of rotatable bonds is 8. The lowest BCUT2D eigenvalue weighted by atomic mass is 10.1. The van der Waals surface area contributed by atoms with Gasteiger partial charge >= 0.3 is 0 Å². The van der Waals surface area contributed by atoms with Crippen LogP contribution in [0.15, 0.2) is 42.7 Å². The van der Waals surface area contributed by atoms with Crippen LogP contribution in [0.1, 0.15) is 35.7 Å². The van der Waals surface area contributed by atoms with Crippen molar-refractivity contribution in [3.8, 4) is 0 Å². The number of carbonyl (C=O) groups is 1. The Morgan fingerprint density at radius 2 is 1.82 bits per heavy atom. The van der Waals surface area contributed by atoms with Crippen LogP contribution in [0.3, 0.4) is 0 Å². The lowest BCUT2D eigenvalue weighted by molar-refractivity contribution is 0.0952. The van der Waals surface area contributed by atoms with Crippen molar-refractivity contribution in [2.24, 2.45) is 0 Å². The van der Waals surface area contributed by atoms with Gasteiger partial charge in [-0.3, -0.25) is 4.79 Å². The first-order valence-corrected chi connectivity index (χ1v) is 7.67. The van der Waals surface area contributed by atoms with E-state index in [0.717, 1.165) is 25.8 Å². The molecule has 0 radical (unpaired) electrons. The molecule has 0 aliphatic carbocycles. The minimum Gasteiger partial charge on any atom is -0.354 e. The van der Waals surface area contributed by atoms with Crippen molar-refractivity contribution in [1.29, 1.82) is 0 Å². The van der Waals surface area contributed by atoms with Gasteiger partial charge in [0.15, 0.2) is 0 Å². The lowest BCUT2D eigenvalue weighted by Crippen LogP contribution is -2.24. The van der Waals surface area contributed by atoms with Gasteiger partial charge in [0.1, 0.15) is 0 Å². The van der Waals surface area contributed by atoms with Gasteiger partial charge in [0.2, 0.25) is 5.95 Å². The second-order valence-corrected chi connectivity index (χ2v) is 5.07. The van der Waals surface area contributed by atoms with Gasteiger partial charge in [0.25, 0.3) is 5.91 Å². The maximum atomic E-state index is 11.8. The van der Waals surface area contributed by atoms with E-state index < -0.39 is 0 Å². The summed E-state index contributed by atoms with van der Waals surface area (Å²) < 4.78 is 0. The molecule has 116 valence electrons. The lowest BCUT2D eigenvalue weighted by Gasteiger charge is -2.06. The molecule has 5 nitrogen and oxygen atoms in total. The highest BCUT2D eigenvalue weighted by molar-refractivity contribution is 5.93. The van der Waals surface area contributed by atoms with Gasteiger partial charge in [-0.1, -0.05) is 43.7 Å². The van der Waals surface area contributed by atoms with Gasteiger partial charge in [-0.2, -0.15) is 0 Å². The summed E-state index contributed by atoms with van der Waals surface area (Å²) in [5.41, 5.74) is 1.76. The molecule has 22 heavy (non-hydrogen) atoms. The van der Waals surface area contributed by atoms with Gasteiger partial charge < -0.3 is 10.6 Å². The van der Waals surface area contributed by atoms with E-state index in [0.29, 0.717) is 18.1 Å². The first-order chi connectivity index (χ1) is 10.8. The number of nitrogens with one attached hydrogen (secondary N) is 2. The van der Waals surface area contributed by atoms with Crippen LogP contribution in [0.4, 0.5) is 5.95 Å². The van der Waals surface area contributed by atoms with E-state index in [2.05, 4.69) is 39.7 Å². The molecule has 1 aromatic heterocycles. The van der Waals surface area contributed by atoms with Crippen LogP contribution < -0.4 is 10.6 Å². The predicted molar refractivity (Wildman–Crippen MR) is 87.9 cm³/mol. The van der Waals surface area contributed by atoms with Crippen molar-refractivity contribution >= 4 is 11.9 Å². The summed E-state index contributed by atoms with van der Waals surface area (Å²) in [5, 5.41) is 6.00. The summed E-state index contributed by atoms with van der Waals surface area (Å²) in [6, 6.07) is 10.2. The third-order valence-corrected chi connectivity index (χ3v) is 3.27. The fourth-order valence-corrected chi connectivity index (χ4v) is 1.98. The van der Waals surface area contributed by atoms with Crippen LogP contribution in [0, 0.1) is 0 Å². The predicted octanol–water partition coefficient (Wildman–Crippen LogP) is 2.66. The second kappa shape index (κ2) is 8.77. The summed E-state index contributed by atoms with van der Waals surface area (Å²) in [5.74, 6) is 0.422. The van der Waals surface area contributed by atoms with E-state index in [1.165, 1.54) is 5.56 Å². The zero-order valence-corrected chi connectivity index (χ0v) is 12.9. The molecule has 2 aromatic rings. The van der Waals surface area contributed by atoms with Crippen molar-refractivity contribution in [2.75, 3.05) is 18.4 Å². The molecule has 0 fully saturated rings. The maximum absolute atomic E-state index is 11.8. The van der Waals surface area contributed by atoms with Crippen molar-refractivity contribution < 1.29 is 4.79 Å². The number of amides is 1. The zero-order chi connectivity index (χ0) is 15.6. The molecule has 0 atom stereocenters. The van der Waals surface area contributed by atoms with Crippen LogP contribution in [0.2, 0.25) is 0 Å². The molecular weight excluding hydrogens is 276 g/mol. The van der Waals surface area contributed by atoms with Gasteiger partial charge in [-0.15, -0.1) is 0 Å². The molecule has 1 aromatic carbocycles. The molecule has 2 N–H and O–H groups in total. The van der Waals surface area contributed by atoms with Gasteiger partial charge in [-0.05, 0) is 18.4 Å². The van der Waals surface area contributed by atoms with Crippen LogP contribution >= 0.6 is 0 Å². The minimum atomic E-state index is -0.121. The van der Waals surface area contributed by atoms with Crippen molar-refractivity contribution in [3.63, 3.8) is 0 Å². The SMILES string of the molecule is CCCCNC(=O)c1cnc(NCCc2ccccc2)nc1. The molecule has 0 aliphatic rings. The molecule has 0 saturated heterocycles. The highest BCUT2D eigenvalue weighted by Gasteiger charge is 2.06. The Morgan fingerprint density at radius 3 is 2.50 bits per heavy atom. The minimum absolute atomic E-state index is 0.121. The van der Waals surface area contributed by atoms with E-state index in [9.17, 15) is 4.79 Å². The summed E-state index contributed by atoms with van der Waals surface area (Å²) in [6.45, 7) is 3.53. The average molecular weight is 298 g/mol. The molecule has 0 aliphatic heterocycles. The van der Waals surface area contributed by atoms with Crippen molar-refractivity contribution in [1.82, 2.24) is 15.3 Å². The smallest absolute Gasteiger partial charge is 0.254 e. The summed E-state index contributed by atoms with van der Waals surface area (Å²) >= 11 is 0. The highest BCUT2D eigenvalue weighted by atomic mass is 16.1. The Balaban J connectivity index is 1.78. The zero-order valence-electron chi connectivity index (χ0n) is 12.9. The topological polar surface area (TPSA) is 66.9 Å². The summed E-state index contributed by atoms with van der Waals surface area (Å²) in [4.78, 5) is 20.2. The summed E-state index contributed by atoms with van der Waals surface area (Å²) in [6.07, 6.45) is 6.05. The summed E-state index contributed by atoms with van der Waals surface area (Å²) in [7, 11) is 0. The molecule has 0 unspecified atom stereocenters. The Morgan fingerprint density at radius 1 is 1.09 bits per heavy atom. The van der Waals surface area contributed by atoms with Crippen molar-refractivity contribution in [2.45, 2.75) is 26.2 Å². The van der Waals surface area contributed by atoms with Gasteiger partial charge in [0, 0.05) is 25.5 Å². The van der Waals surface area contributed by atoms with E-state index in [1.807, 2.05) is 18.2 Å². The molecule has 1 heterocycles. The number of hydrogen-bond acceptors (Lipinski definition) is 4. The maximum Gasteiger partial charge on any atom is 0.254 e. The number of unbranched alkanes of at least 4 members (excludes halogenated alkanes) is 1. The highest BCUT2D eigenvalue weighted by Crippen LogP contribution is 2.03. The quantitative estimate of drug-likeness (QED) is 0.735. The number of nitrogens with zero attached hydrogens (tertiary/aromatic N) is 2. The Kier molecular flexibility index (Phi) is 6.36. The molecule has 0 spiro atoms. The van der Waals surface area contributed by atoms with Gasteiger partial charge in [-0.25, -0.2) is 9.97 Å². The Bertz CT molecular complexity index is 569. The Hall–Kier alpha value is -2.43. The van der Waals surface area contributed by atoms with Crippen LogP contribution in [0.5, 0.6) is 0 Å². The van der Waals surface area contributed by atoms with Crippen LogP contribution in [-0.2, 0) is 6.42 Å². The fraction of sp³-hybridized carbons (Fsp3) is 0.353. The number of carbonyl (C=O) groups excluding carboxylic acids is 1. The fourth-order valence-electron chi connectivity index (χ4n) is 1.98. The monoisotopic (exact) mass is 298 g/mol. The molecule has 0 bridgehead atoms. The molecule has 2 rings (SSSR count). The molecule has 1 amide bonds. The number of aromatic nitrogens is 2. The first kappa shape index (κ1) is 15.9. The van der Waals surface area contributed by atoms with E-state index >= 15 is 0 Å². The van der Waals surface area contributed by atoms with E-state index in [-0.39, 0.29) is 5.91 Å². The molecular formula is C17H22N4O. The van der Waals surface area contributed by atoms with Crippen molar-refractivity contribution in [3.05, 3.63) is 53.9 Å². The third kappa shape index (κ3) is 5.16. The van der Waals surface area contributed by atoms with E-state index in [4.69, 9.17) is 0 Å². The molecule has 5 heteroatoms. The second-order valence-electron chi connectivity index (χ2n) is 5.07. The normalized spacial score (nSPS) is 10.2.